The fraction of sp³-hybridized carbons (Fsp3) is 0.462. The van der Waals surface area contributed by atoms with Crippen molar-refractivity contribution in [3.8, 4) is 11.4 Å². The summed E-state index contributed by atoms with van der Waals surface area (Å²) < 4.78 is 2.78. The van der Waals surface area contributed by atoms with E-state index in [0.29, 0.717) is 0 Å². The second-order valence-corrected chi connectivity index (χ2v) is 5.10. The molecule has 0 amide bonds. The van der Waals surface area contributed by atoms with Crippen LogP contribution in [0.3, 0.4) is 0 Å². The summed E-state index contributed by atoms with van der Waals surface area (Å²) in [5, 5.41) is 7.51. The van der Waals surface area contributed by atoms with Gasteiger partial charge in [-0.1, -0.05) is 6.92 Å². The molecule has 2 aromatic heterocycles. The quantitative estimate of drug-likeness (QED) is 0.939. The van der Waals surface area contributed by atoms with Crippen LogP contribution >= 0.6 is 15.9 Å². The maximum Gasteiger partial charge on any atom is 0.165 e. The molecule has 5 nitrogen and oxygen atoms in total. The number of halogens is 1. The molecule has 0 saturated carbocycles. The van der Waals surface area contributed by atoms with Gasteiger partial charge in [0.15, 0.2) is 5.82 Å². The van der Waals surface area contributed by atoms with Crippen molar-refractivity contribution >= 4 is 21.7 Å². The fourth-order valence-electron chi connectivity index (χ4n) is 1.85. The van der Waals surface area contributed by atoms with E-state index in [-0.39, 0.29) is 0 Å². The molecule has 0 unspecified atom stereocenters. The largest absolute Gasteiger partial charge is 0.369 e. The Bertz CT molecular complexity index is 591. The first-order chi connectivity index (χ1) is 9.08. The van der Waals surface area contributed by atoms with Crippen molar-refractivity contribution in [2.45, 2.75) is 27.2 Å². The summed E-state index contributed by atoms with van der Waals surface area (Å²) in [5.74, 6) is 1.56. The fourth-order valence-corrected chi connectivity index (χ4v) is 2.45. The number of nitrogens with zero attached hydrogens (tertiary/aromatic N) is 4. The third-order valence-electron chi connectivity index (χ3n) is 3.08. The van der Waals surface area contributed by atoms with E-state index in [0.717, 1.165) is 46.0 Å². The number of rotatable bonds is 4. The molecular weight excluding hydrogens is 306 g/mol. The topological polar surface area (TPSA) is 55.6 Å². The van der Waals surface area contributed by atoms with Gasteiger partial charge in [-0.05, 0) is 36.2 Å². The highest BCUT2D eigenvalue weighted by Crippen LogP contribution is 2.28. The molecule has 6 heteroatoms. The SMILES string of the molecule is CCNc1nc(-c2cnn(C)c2C)nc(CC)c1Br. The third-order valence-corrected chi connectivity index (χ3v) is 3.91. The molecule has 0 aromatic carbocycles. The molecule has 2 aromatic rings. The number of hydrogen-bond donors (Lipinski definition) is 1. The van der Waals surface area contributed by atoms with Crippen LogP contribution in [-0.4, -0.2) is 26.3 Å². The normalized spacial score (nSPS) is 10.8. The van der Waals surface area contributed by atoms with E-state index >= 15 is 0 Å². The van der Waals surface area contributed by atoms with Crippen molar-refractivity contribution in [1.29, 1.82) is 0 Å². The smallest absolute Gasteiger partial charge is 0.165 e. The summed E-state index contributed by atoms with van der Waals surface area (Å²) in [6.07, 6.45) is 2.67. The zero-order chi connectivity index (χ0) is 14.0. The average Bonchev–Trinajstić information content (AvgIpc) is 2.73. The van der Waals surface area contributed by atoms with Gasteiger partial charge < -0.3 is 5.32 Å². The number of anilines is 1. The van der Waals surface area contributed by atoms with Crippen LogP contribution in [0.2, 0.25) is 0 Å². The second kappa shape index (κ2) is 5.69. The van der Waals surface area contributed by atoms with Gasteiger partial charge in [0.1, 0.15) is 5.82 Å². The van der Waals surface area contributed by atoms with Crippen molar-refractivity contribution in [1.82, 2.24) is 19.7 Å². The molecule has 102 valence electrons. The van der Waals surface area contributed by atoms with Gasteiger partial charge in [0.2, 0.25) is 0 Å². The highest BCUT2D eigenvalue weighted by Gasteiger charge is 2.15. The Morgan fingerprint density at radius 3 is 2.58 bits per heavy atom. The van der Waals surface area contributed by atoms with E-state index in [1.54, 1.807) is 0 Å². The van der Waals surface area contributed by atoms with E-state index in [4.69, 9.17) is 0 Å². The second-order valence-electron chi connectivity index (χ2n) is 4.31. The van der Waals surface area contributed by atoms with Gasteiger partial charge in [-0.15, -0.1) is 0 Å². The van der Waals surface area contributed by atoms with Gasteiger partial charge in [0.25, 0.3) is 0 Å². The lowest BCUT2D eigenvalue weighted by Gasteiger charge is -2.11. The van der Waals surface area contributed by atoms with Gasteiger partial charge in [-0.2, -0.15) is 5.10 Å². The van der Waals surface area contributed by atoms with Crippen LogP contribution in [0.15, 0.2) is 10.7 Å². The van der Waals surface area contributed by atoms with Crippen LogP contribution in [0.25, 0.3) is 11.4 Å². The van der Waals surface area contributed by atoms with Crippen molar-refractivity contribution in [2.75, 3.05) is 11.9 Å². The van der Waals surface area contributed by atoms with E-state index < -0.39 is 0 Å². The molecule has 0 bridgehead atoms. The first kappa shape index (κ1) is 14.0. The Balaban J connectivity index is 2.57. The Hall–Kier alpha value is -1.43. The molecule has 0 radical (unpaired) electrons. The molecule has 19 heavy (non-hydrogen) atoms. The van der Waals surface area contributed by atoms with Crippen molar-refractivity contribution in [2.24, 2.45) is 7.05 Å². The molecule has 2 heterocycles. The summed E-state index contributed by atoms with van der Waals surface area (Å²) >= 11 is 3.56. The Kier molecular flexibility index (Phi) is 4.19. The first-order valence-electron chi connectivity index (χ1n) is 6.37. The molecule has 0 spiro atoms. The summed E-state index contributed by atoms with van der Waals surface area (Å²) in [7, 11) is 1.92. The standard InChI is InChI=1S/C13H18BrN5/c1-5-10-11(14)13(15-6-2)18-12(17-10)9-7-16-19(4)8(9)3/h7H,5-6H2,1-4H3,(H,15,17,18). The molecule has 0 atom stereocenters. The summed E-state index contributed by atoms with van der Waals surface area (Å²) in [4.78, 5) is 9.22. The Morgan fingerprint density at radius 2 is 2.05 bits per heavy atom. The molecular formula is C13H18BrN5. The molecule has 1 N–H and O–H groups in total. The minimum atomic E-state index is 0.724. The monoisotopic (exact) mass is 323 g/mol. The van der Waals surface area contributed by atoms with Gasteiger partial charge in [-0.3, -0.25) is 4.68 Å². The van der Waals surface area contributed by atoms with Gasteiger partial charge in [0.05, 0.1) is 21.9 Å². The zero-order valence-electron chi connectivity index (χ0n) is 11.7. The number of hydrogen-bond acceptors (Lipinski definition) is 4. The maximum absolute atomic E-state index is 4.63. The summed E-state index contributed by atoms with van der Waals surface area (Å²) in [5.41, 5.74) is 3.04. The van der Waals surface area contributed by atoms with Gasteiger partial charge >= 0.3 is 0 Å². The van der Waals surface area contributed by atoms with Crippen molar-refractivity contribution in [3.63, 3.8) is 0 Å². The predicted molar refractivity (Wildman–Crippen MR) is 80.2 cm³/mol. The number of nitrogens with one attached hydrogen (secondary N) is 1. The van der Waals surface area contributed by atoms with Gasteiger partial charge in [-0.25, -0.2) is 9.97 Å². The first-order valence-corrected chi connectivity index (χ1v) is 7.17. The minimum absolute atomic E-state index is 0.724. The highest BCUT2D eigenvalue weighted by molar-refractivity contribution is 9.10. The van der Waals surface area contributed by atoms with E-state index in [1.807, 2.05) is 24.9 Å². The predicted octanol–water partition coefficient (Wildman–Crippen LogP) is 2.94. The van der Waals surface area contributed by atoms with Crippen LogP contribution in [0.1, 0.15) is 25.2 Å². The lowest BCUT2D eigenvalue weighted by atomic mass is 10.2. The van der Waals surface area contributed by atoms with E-state index in [9.17, 15) is 0 Å². The van der Waals surface area contributed by atoms with E-state index in [1.165, 1.54) is 0 Å². The molecule has 0 fully saturated rings. The van der Waals surface area contributed by atoms with Crippen molar-refractivity contribution in [3.05, 3.63) is 22.1 Å². The lowest BCUT2D eigenvalue weighted by molar-refractivity contribution is 0.740. The van der Waals surface area contributed by atoms with Crippen LogP contribution in [-0.2, 0) is 13.5 Å². The Morgan fingerprint density at radius 1 is 1.32 bits per heavy atom. The molecule has 0 aliphatic rings. The number of aryl methyl sites for hydroxylation is 2. The molecule has 2 rings (SSSR count). The molecule has 0 aliphatic carbocycles. The average molecular weight is 324 g/mol. The maximum atomic E-state index is 4.63. The van der Waals surface area contributed by atoms with Crippen LogP contribution < -0.4 is 5.32 Å². The molecule has 0 aliphatic heterocycles. The van der Waals surface area contributed by atoms with Crippen LogP contribution in [0.4, 0.5) is 5.82 Å². The lowest BCUT2D eigenvalue weighted by Crippen LogP contribution is -2.06. The molecule has 0 saturated heterocycles. The summed E-state index contributed by atoms with van der Waals surface area (Å²) in [6, 6.07) is 0. The van der Waals surface area contributed by atoms with E-state index in [2.05, 4.69) is 50.2 Å². The highest BCUT2D eigenvalue weighted by atomic mass is 79.9. The summed E-state index contributed by atoms with van der Waals surface area (Å²) in [6.45, 7) is 6.98. The van der Waals surface area contributed by atoms with Gasteiger partial charge in [0, 0.05) is 19.3 Å². The zero-order valence-corrected chi connectivity index (χ0v) is 13.2. The Labute approximate surface area is 121 Å². The van der Waals surface area contributed by atoms with Crippen LogP contribution in [0.5, 0.6) is 0 Å². The third kappa shape index (κ3) is 2.63. The number of aromatic nitrogens is 4. The van der Waals surface area contributed by atoms with Crippen LogP contribution in [0, 0.1) is 6.92 Å². The minimum Gasteiger partial charge on any atom is -0.369 e. The van der Waals surface area contributed by atoms with Crippen molar-refractivity contribution < 1.29 is 0 Å².